The second kappa shape index (κ2) is 8.93. The zero-order valence-corrected chi connectivity index (χ0v) is 10.9. The molecular formula is C12H21N3O3. The van der Waals surface area contributed by atoms with Gasteiger partial charge >= 0.3 is 0 Å². The zero-order chi connectivity index (χ0) is 13.2. The summed E-state index contributed by atoms with van der Waals surface area (Å²) in [4.78, 5) is 8.35. The predicted molar refractivity (Wildman–Crippen MR) is 67.2 cm³/mol. The Morgan fingerprint density at radius 2 is 2.17 bits per heavy atom. The van der Waals surface area contributed by atoms with Crippen LogP contribution >= 0.6 is 0 Å². The maximum absolute atomic E-state index is 9.61. The van der Waals surface area contributed by atoms with E-state index in [0.717, 1.165) is 11.4 Å². The van der Waals surface area contributed by atoms with Crippen molar-refractivity contribution in [2.24, 2.45) is 0 Å². The van der Waals surface area contributed by atoms with Crippen molar-refractivity contribution < 1.29 is 14.6 Å². The molecule has 0 bridgehead atoms. The van der Waals surface area contributed by atoms with Gasteiger partial charge in [0.15, 0.2) is 0 Å². The van der Waals surface area contributed by atoms with E-state index in [1.54, 1.807) is 19.5 Å². The molecule has 0 spiro atoms. The number of aliphatic hydroxyl groups is 1. The van der Waals surface area contributed by atoms with Crippen LogP contribution in [-0.2, 0) is 16.0 Å². The molecule has 0 saturated carbocycles. The maximum Gasteiger partial charge on any atom is 0.0897 e. The van der Waals surface area contributed by atoms with Crippen molar-refractivity contribution in [2.45, 2.75) is 19.6 Å². The highest BCUT2D eigenvalue weighted by molar-refractivity contribution is 5.00. The number of ether oxygens (including phenoxy) is 2. The Bertz CT molecular complexity index is 319. The van der Waals surface area contributed by atoms with Crippen molar-refractivity contribution in [1.82, 2.24) is 15.3 Å². The number of methoxy groups -OCH3 is 1. The SMILES string of the molecule is COCCOCC(O)CNCc1cnc(C)cn1. The van der Waals surface area contributed by atoms with Gasteiger partial charge in [0.1, 0.15) is 0 Å². The highest BCUT2D eigenvalue weighted by atomic mass is 16.5. The fourth-order valence-corrected chi connectivity index (χ4v) is 1.30. The predicted octanol–water partition coefficient (Wildman–Crippen LogP) is -0.101. The van der Waals surface area contributed by atoms with Gasteiger partial charge in [-0.15, -0.1) is 0 Å². The summed E-state index contributed by atoms with van der Waals surface area (Å²) in [6, 6.07) is 0. The van der Waals surface area contributed by atoms with Crippen LogP contribution in [0.25, 0.3) is 0 Å². The van der Waals surface area contributed by atoms with Gasteiger partial charge in [0, 0.05) is 32.6 Å². The highest BCUT2D eigenvalue weighted by Gasteiger charge is 2.04. The third-order valence-corrected chi connectivity index (χ3v) is 2.26. The van der Waals surface area contributed by atoms with Crippen molar-refractivity contribution in [3.8, 4) is 0 Å². The van der Waals surface area contributed by atoms with Crippen LogP contribution in [0.3, 0.4) is 0 Å². The van der Waals surface area contributed by atoms with Gasteiger partial charge in [0.2, 0.25) is 0 Å². The van der Waals surface area contributed by atoms with Crippen molar-refractivity contribution in [1.29, 1.82) is 0 Å². The van der Waals surface area contributed by atoms with Crippen LogP contribution in [0.4, 0.5) is 0 Å². The molecule has 0 saturated heterocycles. The molecule has 6 nitrogen and oxygen atoms in total. The lowest BCUT2D eigenvalue weighted by atomic mass is 10.3. The van der Waals surface area contributed by atoms with Gasteiger partial charge in [-0.2, -0.15) is 0 Å². The lowest BCUT2D eigenvalue weighted by Crippen LogP contribution is -2.30. The van der Waals surface area contributed by atoms with Gasteiger partial charge in [-0.3, -0.25) is 9.97 Å². The molecule has 1 heterocycles. The summed E-state index contributed by atoms with van der Waals surface area (Å²) >= 11 is 0. The third kappa shape index (κ3) is 6.61. The number of nitrogens with zero attached hydrogens (tertiary/aromatic N) is 2. The van der Waals surface area contributed by atoms with Crippen LogP contribution in [-0.4, -0.2) is 54.7 Å². The minimum absolute atomic E-state index is 0.302. The number of rotatable bonds is 9. The molecule has 0 aliphatic rings. The van der Waals surface area contributed by atoms with E-state index >= 15 is 0 Å². The van der Waals surface area contributed by atoms with E-state index in [0.29, 0.717) is 32.9 Å². The average molecular weight is 255 g/mol. The molecule has 2 N–H and O–H groups in total. The topological polar surface area (TPSA) is 76.5 Å². The minimum atomic E-state index is -0.528. The first-order valence-electron chi connectivity index (χ1n) is 5.95. The molecule has 0 aliphatic carbocycles. The Balaban J connectivity index is 2.07. The van der Waals surface area contributed by atoms with Gasteiger partial charge in [-0.05, 0) is 6.92 Å². The molecule has 6 heteroatoms. The third-order valence-electron chi connectivity index (χ3n) is 2.26. The summed E-state index contributed by atoms with van der Waals surface area (Å²) in [6.45, 7) is 4.28. The van der Waals surface area contributed by atoms with Gasteiger partial charge < -0.3 is 19.9 Å². The van der Waals surface area contributed by atoms with E-state index in [9.17, 15) is 5.11 Å². The maximum atomic E-state index is 9.61. The van der Waals surface area contributed by atoms with Crippen LogP contribution in [0.1, 0.15) is 11.4 Å². The molecule has 0 radical (unpaired) electrons. The first kappa shape index (κ1) is 15.0. The van der Waals surface area contributed by atoms with E-state index in [1.165, 1.54) is 0 Å². The number of hydrogen-bond acceptors (Lipinski definition) is 6. The number of aromatic nitrogens is 2. The molecule has 1 atom stereocenters. The smallest absolute Gasteiger partial charge is 0.0897 e. The second-order valence-corrected chi connectivity index (χ2v) is 4.00. The van der Waals surface area contributed by atoms with Crippen molar-refractivity contribution >= 4 is 0 Å². The average Bonchev–Trinajstić information content (AvgIpc) is 2.37. The van der Waals surface area contributed by atoms with Crippen molar-refractivity contribution in [3.05, 3.63) is 23.8 Å². The van der Waals surface area contributed by atoms with Gasteiger partial charge in [0.05, 0.1) is 37.3 Å². The van der Waals surface area contributed by atoms with Crippen molar-refractivity contribution in [3.63, 3.8) is 0 Å². The summed E-state index contributed by atoms with van der Waals surface area (Å²) < 4.78 is 10.0. The van der Waals surface area contributed by atoms with Crippen LogP contribution in [0.15, 0.2) is 12.4 Å². The quantitative estimate of drug-likeness (QED) is 0.600. The minimum Gasteiger partial charge on any atom is -0.389 e. The van der Waals surface area contributed by atoms with Crippen LogP contribution in [0, 0.1) is 6.92 Å². The standard InChI is InChI=1S/C12H21N3O3/c1-10-5-15-11(7-14-10)6-13-8-12(16)9-18-4-3-17-2/h5,7,12-13,16H,3-4,6,8-9H2,1-2H3. The fourth-order valence-electron chi connectivity index (χ4n) is 1.30. The Kier molecular flexibility index (Phi) is 7.43. The Labute approximate surface area is 107 Å². The van der Waals surface area contributed by atoms with E-state index in [1.807, 2.05) is 6.92 Å². The molecule has 1 aromatic rings. The Morgan fingerprint density at radius 3 is 2.83 bits per heavy atom. The molecule has 1 unspecified atom stereocenters. The van der Waals surface area contributed by atoms with Gasteiger partial charge in [0.25, 0.3) is 0 Å². The molecule has 102 valence electrons. The largest absolute Gasteiger partial charge is 0.389 e. The molecule has 0 aliphatic heterocycles. The molecule has 0 fully saturated rings. The number of aliphatic hydroxyl groups excluding tert-OH is 1. The number of aryl methyl sites for hydroxylation is 1. The normalized spacial score (nSPS) is 12.6. The van der Waals surface area contributed by atoms with Crippen LogP contribution < -0.4 is 5.32 Å². The molecule has 1 aromatic heterocycles. The molecule has 1 rings (SSSR count). The monoisotopic (exact) mass is 255 g/mol. The summed E-state index contributed by atoms with van der Waals surface area (Å²) in [5.41, 5.74) is 1.75. The van der Waals surface area contributed by atoms with Gasteiger partial charge in [-0.1, -0.05) is 0 Å². The lowest BCUT2D eigenvalue weighted by Gasteiger charge is -2.12. The van der Waals surface area contributed by atoms with E-state index < -0.39 is 6.10 Å². The molecule has 0 aromatic carbocycles. The van der Waals surface area contributed by atoms with Crippen LogP contribution in [0.2, 0.25) is 0 Å². The summed E-state index contributed by atoms with van der Waals surface area (Å²) in [5, 5.41) is 12.7. The van der Waals surface area contributed by atoms with Gasteiger partial charge in [-0.25, -0.2) is 0 Å². The first-order valence-corrected chi connectivity index (χ1v) is 5.95. The van der Waals surface area contributed by atoms with E-state index in [-0.39, 0.29) is 0 Å². The Hall–Kier alpha value is -1.08. The summed E-state index contributed by atoms with van der Waals surface area (Å²) in [7, 11) is 1.62. The highest BCUT2D eigenvalue weighted by Crippen LogP contribution is 1.93. The van der Waals surface area contributed by atoms with E-state index in [2.05, 4.69) is 15.3 Å². The molecule has 18 heavy (non-hydrogen) atoms. The fraction of sp³-hybridized carbons (Fsp3) is 0.667. The number of nitrogens with one attached hydrogen (secondary N) is 1. The second-order valence-electron chi connectivity index (χ2n) is 4.00. The first-order chi connectivity index (χ1) is 8.72. The van der Waals surface area contributed by atoms with Crippen molar-refractivity contribution in [2.75, 3.05) is 33.5 Å². The van der Waals surface area contributed by atoms with Crippen LogP contribution in [0.5, 0.6) is 0 Å². The zero-order valence-electron chi connectivity index (χ0n) is 10.9. The lowest BCUT2D eigenvalue weighted by molar-refractivity contribution is 0.0137. The van der Waals surface area contributed by atoms with E-state index in [4.69, 9.17) is 9.47 Å². The molecular weight excluding hydrogens is 234 g/mol. The molecule has 0 amide bonds. The number of hydrogen-bond donors (Lipinski definition) is 2. The Morgan fingerprint density at radius 1 is 1.33 bits per heavy atom. The summed E-state index contributed by atoms with van der Waals surface area (Å²) in [5.74, 6) is 0. The summed E-state index contributed by atoms with van der Waals surface area (Å²) in [6.07, 6.45) is 2.92.